The fourth-order valence-electron chi connectivity index (χ4n) is 1.92. The first kappa shape index (κ1) is 12.9. The Hall–Kier alpha value is -1.53. The van der Waals surface area contributed by atoms with Gasteiger partial charge in [-0.1, -0.05) is 16.8 Å². The molecule has 0 unspecified atom stereocenters. The van der Waals surface area contributed by atoms with E-state index >= 15 is 0 Å². The fourth-order valence-corrected chi connectivity index (χ4v) is 2.25. The van der Waals surface area contributed by atoms with Gasteiger partial charge in [-0.05, 0) is 13.1 Å². The van der Waals surface area contributed by atoms with Crippen molar-refractivity contribution in [2.75, 3.05) is 38.1 Å². The summed E-state index contributed by atoms with van der Waals surface area (Å²) in [5.41, 5.74) is 6.08. The molecule has 1 aliphatic heterocycles. The van der Waals surface area contributed by atoms with Crippen LogP contribution in [-0.4, -0.2) is 54.2 Å². The molecule has 7 heteroatoms. The largest absolute Gasteiger partial charge is 0.409 e. The Morgan fingerprint density at radius 3 is 2.72 bits per heavy atom. The fraction of sp³-hybridized carbons (Fsp3) is 0.455. The van der Waals surface area contributed by atoms with Crippen LogP contribution in [0.3, 0.4) is 0 Å². The Balaban J connectivity index is 2.29. The summed E-state index contributed by atoms with van der Waals surface area (Å²) in [5, 5.41) is 12.1. The topological polar surface area (TPSA) is 78.0 Å². The molecule has 98 valence electrons. The van der Waals surface area contributed by atoms with E-state index in [1.54, 1.807) is 12.3 Å². The number of halogens is 1. The van der Waals surface area contributed by atoms with Crippen molar-refractivity contribution in [2.45, 2.75) is 0 Å². The summed E-state index contributed by atoms with van der Waals surface area (Å²) < 4.78 is 0. The number of piperazine rings is 1. The number of oxime groups is 1. The highest BCUT2D eigenvalue weighted by Crippen LogP contribution is 2.27. The summed E-state index contributed by atoms with van der Waals surface area (Å²) in [6.45, 7) is 3.66. The smallest absolute Gasteiger partial charge is 0.171 e. The molecule has 0 radical (unpaired) electrons. The Morgan fingerprint density at radius 1 is 1.44 bits per heavy atom. The van der Waals surface area contributed by atoms with Crippen molar-refractivity contribution in [3.8, 4) is 0 Å². The van der Waals surface area contributed by atoms with Gasteiger partial charge in [0.25, 0.3) is 0 Å². The third kappa shape index (κ3) is 2.49. The molecular formula is C11H16ClN5O. The SMILES string of the molecule is CN1CCN(c2nccc(/C(N)=N/O)c2Cl)CC1. The van der Waals surface area contributed by atoms with Crippen molar-refractivity contribution < 1.29 is 5.21 Å². The Labute approximate surface area is 111 Å². The molecule has 0 atom stereocenters. The average Bonchev–Trinajstić information content (AvgIpc) is 2.39. The molecule has 0 saturated carbocycles. The third-order valence-corrected chi connectivity index (χ3v) is 3.43. The molecular weight excluding hydrogens is 254 g/mol. The molecule has 1 aromatic heterocycles. The van der Waals surface area contributed by atoms with E-state index in [2.05, 4.69) is 27.0 Å². The highest BCUT2D eigenvalue weighted by atomic mass is 35.5. The van der Waals surface area contributed by atoms with Crippen LogP contribution in [0.2, 0.25) is 5.02 Å². The maximum absolute atomic E-state index is 8.71. The standard InChI is InChI=1S/C11H16ClN5O/c1-16-4-6-17(7-5-16)11-9(12)8(2-3-14-11)10(13)15-18/h2-3,18H,4-7H2,1H3,(H2,13,15). The molecule has 0 aliphatic carbocycles. The number of likely N-dealkylation sites (N-methyl/N-ethyl adjacent to an activating group) is 1. The summed E-state index contributed by atoms with van der Waals surface area (Å²) in [5.74, 6) is 0.687. The number of hydrogen-bond donors (Lipinski definition) is 2. The number of amidine groups is 1. The van der Waals surface area contributed by atoms with Crippen molar-refractivity contribution in [1.29, 1.82) is 0 Å². The van der Waals surface area contributed by atoms with Gasteiger partial charge in [0, 0.05) is 37.9 Å². The highest BCUT2D eigenvalue weighted by Gasteiger charge is 2.20. The lowest BCUT2D eigenvalue weighted by molar-refractivity contribution is 0.312. The van der Waals surface area contributed by atoms with Crippen LogP contribution in [-0.2, 0) is 0 Å². The molecule has 0 spiro atoms. The van der Waals surface area contributed by atoms with E-state index in [1.807, 2.05) is 0 Å². The van der Waals surface area contributed by atoms with Crippen LogP contribution in [0, 0.1) is 0 Å². The molecule has 2 rings (SSSR count). The van der Waals surface area contributed by atoms with Gasteiger partial charge >= 0.3 is 0 Å². The highest BCUT2D eigenvalue weighted by molar-refractivity contribution is 6.36. The second kappa shape index (κ2) is 5.41. The van der Waals surface area contributed by atoms with Crippen molar-refractivity contribution in [3.05, 3.63) is 22.8 Å². The summed E-state index contributed by atoms with van der Waals surface area (Å²) in [6.07, 6.45) is 1.62. The van der Waals surface area contributed by atoms with Crippen LogP contribution in [0.4, 0.5) is 5.82 Å². The van der Waals surface area contributed by atoms with E-state index in [9.17, 15) is 0 Å². The number of aromatic nitrogens is 1. The van der Waals surface area contributed by atoms with Crippen molar-refractivity contribution in [1.82, 2.24) is 9.88 Å². The summed E-state index contributed by atoms with van der Waals surface area (Å²) in [4.78, 5) is 8.64. The minimum Gasteiger partial charge on any atom is -0.409 e. The number of hydrogen-bond acceptors (Lipinski definition) is 5. The molecule has 18 heavy (non-hydrogen) atoms. The van der Waals surface area contributed by atoms with Gasteiger partial charge in [-0.15, -0.1) is 0 Å². The van der Waals surface area contributed by atoms with Gasteiger partial charge in [0.2, 0.25) is 0 Å². The van der Waals surface area contributed by atoms with Crippen molar-refractivity contribution >= 4 is 23.3 Å². The van der Waals surface area contributed by atoms with Gasteiger partial charge in [-0.25, -0.2) is 4.98 Å². The van der Waals surface area contributed by atoms with E-state index in [-0.39, 0.29) is 5.84 Å². The van der Waals surface area contributed by atoms with Gasteiger partial charge in [0.05, 0.1) is 5.02 Å². The zero-order valence-corrected chi connectivity index (χ0v) is 10.9. The van der Waals surface area contributed by atoms with Gasteiger partial charge in [0.15, 0.2) is 5.84 Å². The molecule has 0 aromatic carbocycles. The normalized spacial score (nSPS) is 18.1. The molecule has 1 fully saturated rings. The Bertz CT molecular complexity index is 457. The Morgan fingerprint density at radius 2 is 2.11 bits per heavy atom. The summed E-state index contributed by atoms with van der Waals surface area (Å²) in [7, 11) is 2.08. The first-order valence-electron chi connectivity index (χ1n) is 5.69. The third-order valence-electron chi connectivity index (χ3n) is 3.06. The lowest BCUT2D eigenvalue weighted by atomic mass is 10.2. The molecule has 1 saturated heterocycles. The van der Waals surface area contributed by atoms with Crippen LogP contribution in [0.25, 0.3) is 0 Å². The zero-order chi connectivity index (χ0) is 13.1. The first-order chi connectivity index (χ1) is 8.63. The summed E-state index contributed by atoms with van der Waals surface area (Å²) >= 11 is 6.26. The number of nitrogens with zero attached hydrogens (tertiary/aromatic N) is 4. The minimum absolute atomic E-state index is 0.00206. The van der Waals surface area contributed by atoms with Crippen LogP contribution in [0.1, 0.15) is 5.56 Å². The lowest BCUT2D eigenvalue weighted by Gasteiger charge is -2.33. The minimum atomic E-state index is -0.00206. The maximum Gasteiger partial charge on any atom is 0.171 e. The van der Waals surface area contributed by atoms with Crippen LogP contribution < -0.4 is 10.6 Å². The molecule has 6 nitrogen and oxygen atoms in total. The zero-order valence-electron chi connectivity index (χ0n) is 10.2. The molecule has 1 aliphatic rings. The maximum atomic E-state index is 8.71. The van der Waals surface area contributed by atoms with Gasteiger partial charge in [-0.2, -0.15) is 0 Å². The van der Waals surface area contributed by atoms with Crippen LogP contribution in [0.5, 0.6) is 0 Å². The van der Waals surface area contributed by atoms with Crippen molar-refractivity contribution in [2.24, 2.45) is 10.9 Å². The van der Waals surface area contributed by atoms with Gasteiger partial charge < -0.3 is 20.7 Å². The van der Waals surface area contributed by atoms with E-state index < -0.39 is 0 Å². The molecule has 2 heterocycles. The van der Waals surface area contributed by atoms with E-state index in [4.69, 9.17) is 22.5 Å². The Kier molecular flexibility index (Phi) is 3.88. The average molecular weight is 270 g/mol. The van der Waals surface area contributed by atoms with Crippen molar-refractivity contribution in [3.63, 3.8) is 0 Å². The molecule has 0 bridgehead atoms. The predicted molar refractivity (Wildman–Crippen MR) is 71.5 cm³/mol. The second-order valence-corrected chi connectivity index (χ2v) is 4.65. The number of nitrogens with two attached hydrogens (primary N) is 1. The van der Waals surface area contributed by atoms with Gasteiger partial charge in [0.1, 0.15) is 5.82 Å². The summed E-state index contributed by atoms with van der Waals surface area (Å²) in [6, 6.07) is 1.64. The number of anilines is 1. The first-order valence-corrected chi connectivity index (χ1v) is 6.07. The molecule has 3 N–H and O–H groups in total. The van der Waals surface area contributed by atoms with Gasteiger partial charge in [-0.3, -0.25) is 0 Å². The molecule has 1 aromatic rings. The quantitative estimate of drug-likeness (QED) is 0.355. The lowest BCUT2D eigenvalue weighted by Crippen LogP contribution is -2.45. The second-order valence-electron chi connectivity index (χ2n) is 4.27. The molecule has 0 amide bonds. The predicted octanol–water partition coefficient (Wildman–Crippen LogP) is 0.581. The van der Waals surface area contributed by atoms with E-state index in [1.165, 1.54) is 0 Å². The van der Waals surface area contributed by atoms with Crippen LogP contribution in [0.15, 0.2) is 17.4 Å². The monoisotopic (exact) mass is 269 g/mol. The number of rotatable bonds is 2. The number of pyridine rings is 1. The van der Waals surface area contributed by atoms with Crippen LogP contribution >= 0.6 is 11.6 Å². The van der Waals surface area contributed by atoms with E-state index in [0.717, 1.165) is 26.2 Å². The van der Waals surface area contributed by atoms with E-state index in [0.29, 0.717) is 16.4 Å².